The molecule has 0 saturated carbocycles. The highest BCUT2D eigenvalue weighted by atomic mass is 32.1. The maximum absolute atomic E-state index is 13.7. The Balaban J connectivity index is 2.70. The second kappa shape index (κ2) is 6.87. The lowest BCUT2D eigenvalue weighted by Gasteiger charge is -2.19. The van der Waals surface area contributed by atoms with Crippen molar-refractivity contribution in [3.05, 3.63) is 29.6 Å². The van der Waals surface area contributed by atoms with E-state index in [1.54, 1.807) is 7.05 Å². The first-order valence-corrected chi connectivity index (χ1v) is 6.00. The summed E-state index contributed by atoms with van der Waals surface area (Å²) in [6.45, 7) is 0.530. The summed E-state index contributed by atoms with van der Waals surface area (Å²) in [6.07, 6.45) is 0. The zero-order valence-corrected chi connectivity index (χ0v) is 10.9. The summed E-state index contributed by atoms with van der Waals surface area (Å²) in [4.78, 5) is 12.9. The minimum atomic E-state index is -0.515. The summed E-state index contributed by atoms with van der Waals surface area (Å²) < 4.78 is 13.7. The molecule has 18 heavy (non-hydrogen) atoms. The number of hydrogen-bond acceptors (Lipinski definition) is 4. The number of amides is 1. The van der Waals surface area contributed by atoms with Crippen molar-refractivity contribution in [2.75, 3.05) is 30.8 Å². The molecule has 0 spiro atoms. The van der Waals surface area contributed by atoms with E-state index in [0.717, 1.165) is 6.07 Å². The van der Waals surface area contributed by atoms with E-state index >= 15 is 0 Å². The van der Waals surface area contributed by atoms with Gasteiger partial charge in [-0.2, -0.15) is 17.9 Å². The zero-order valence-electron chi connectivity index (χ0n) is 9.98. The monoisotopic (exact) mass is 267 g/mol. The molecule has 0 aliphatic heterocycles. The second-order valence-corrected chi connectivity index (χ2v) is 4.15. The molecule has 0 aliphatic carbocycles. The van der Waals surface area contributed by atoms with Crippen molar-refractivity contribution in [1.29, 1.82) is 5.26 Å². The summed E-state index contributed by atoms with van der Waals surface area (Å²) in [5.41, 5.74) is 0.541. The van der Waals surface area contributed by atoms with E-state index in [9.17, 15) is 9.18 Å². The van der Waals surface area contributed by atoms with Crippen LogP contribution in [0.2, 0.25) is 0 Å². The van der Waals surface area contributed by atoms with Crippen LogP contribution >= 0.6 is 12.6 Å². The van der Waals surface area contributed by atoms with Gasteiger partial charge in [-0.05, 0) is 18.2 Å². The van der Waals surface area contributed by atoms with E-state index in [1.165, 1.54) is 17.0 Å². The van der Waals surface area contributed by atoms with Crippen LogP contribution in [0.15, 0.2) is 18.2 Å². The molecule has 0 heterocycles. The Morgan fingerprint density at radius 3 is 2.89 bits per heavy atom. The van der Waals surface area contributed by atoms with Crippen molar-refractivity contribution in [3.8, 4) is 6.07 Å². The smallest absolute Gasteiger partial charge is 0.239 e. The highest BCUT2D eigenvalue weighted by Crippen LogP contribution is 2.18. The molecular weight excluding hydrogens is 253 g/mol. The van der Waals surface area contributed by atoms with Crippen LogP contribution in [0.1, 0.15) is 5.56 Å². The van der Waals surface area contributed by atoms with Crippen LogP contribution in [0.5, 0.6) is 0 Å². The number of hydrogen-bond donors (Lipinski definition) is 2. The number of nitriles is 1. The van der Waals surface area contributed by atoms with Gasteiger partial charge in [0.1, 0.15) is 5.82 Å². The first kappa shape index (κ1) is 14.3. The molecule has 1 rings (SSSR count). The number of carbonyl (C=O) groups excluding carboxylic acids is 1. The van der Waals surface area contributed by atoms with Crippen LogP contribution < -0.4 is 10.2 Å². The largest absolute Gasteiger partial charge is 0.363 e. The maximum atomic E-state index is 13.7. The molecule has 0 radical (unpaired) electrons. The summed E-state index contributed by atoms with van der Waals surface area (Å²) >= 11 is 3.98. The molecule has 1 aromatic rings. The average molecular weight is 267 g/mol. The highest BCUT2D eigenvalue weighted by molar-refractivity contribution is 7.80. The van der Waals surface area contributed by atoms with Crippen LogP contribution in [-0.4, -0.2) is 31.8 Å². The van der Waals surface area contributed by atoms with Gasteiger partial charge < -0.3 is 10.2 Å². The van der Waals surface area contributed by atoms with Gasteiger partial charge in [0.25, 0.3) is 0 Å². The Bertz CT molecular complexity index is 473. The predicted molar refractivity (Wildman–Crippen MR) is 71.2 cm³/mol. The Labute approximate surface area is 111 Å². The normalized spacial score (nSPS) is 9.67. The number of thiol groups is 1. The lowest BCUT2D eigenvalue weighted by molar-refractivity contribution is -0.119. The highest BCUT2D eigenvalue weighted by Gasteiger charge is 2.11. The minimum Gasteiger partial charge on any atom is -0.363 e. The fourth-order valence-corrected chi connectivity index (χ4v) is 1.55. The van der Waals surface area contributed by atoms with Crippen LogP contribution in [0.25, 0.3) is 0 Å². The lowest BCUT2D eigenvalue weighted by atomic mass is 10.2. The van der Waals surface area contributed by atoms with Crippen LogP contribution in [0, 0.1) is 17.1 Å². The Morgan fingerprint density at radius 1 is 1.61 bits per heavy atom. The van der Waals surface area contributed by atoms with Crippen LogP contribution in [0.3, 0.4) is 0 Å². The molecule has 0 aromatic heterocycles. The first-order valence-electron chi connectivity index (χ1n) is 5.37. The van der Waals surface area contributed by atoms with Crippen molar-refractivity contribution < 1.29 is 9.18 Å². The molecule has 0 bridgehead atoms. The Hall–Kier alpha value is -1.74. The van der Waals surface area contributed by atoms with Crippen molar-refractivity contribution in [3.63, 3.8) is 0 Å². The summed E-state index contributed by atoms with van der Waals surface area (Å²) in [5, 5.41) is 11.3. The Morgan fingerprint density at radius 2 is 2.33 bits per heavy atom. The number of likely N-dealkylation sites (N-methyl/N-ethyl adjacent to an activating group) is 1. The molecule has 1 aromatic carbocycles. The number of nitrogens with zero attached hydrogens (tertiary/aromatic N) is 2. The molecule has 1 amide bonds. The quantitative estimate of drug-likeness (QED) is 0.788. The molecule has 0 aliphatic rings. The molecule has 4 nitrogen and oxygen atoms in total. The van der Waals surface area contributed by atoms with Gasteiger partial charge in [-0.1, -0.05) is 0 Å². The third-order valence-electron chi connectivity index (χ3n) is 2.30. The fraction of sp³-hybridized carbons (Fsp3) is 0.333. The van der Waals surface area contributed by atoms with E-state index < -0.39 is 5.82 Å². The third-order valence-corrected chi connectivity index (χ3v) is 2.53. The molecule has 0 unspecified atom stereocenters. The Kier molecular flexibility index (Phi) is 5.46. The SMILES string of the molecule is CN(CC(=O)NCCS)c1ccc(C#N)cc1F. The summed E-state index contributed by atoms with van der Waals surface area (Å²) in [7, 11) is 1.62. The van der Waals surface area contributed by atoms with Gasteiger partial charge in [0.05, 0.1) is 23.9 Å². The topological polar surface area (TPSA) is 56.1 Å². The number of nitrogens with one attached hydrogen (secondary N) is 1. The first-order chi connectivity index (χ1) is 8.58. The summed E-state index contributed by atoms with van der Waals surface area (Å²) in [6, 6.07) is 6.01. The maximum Gasteiger partial charge on any atom is 0.239 e. The van der Waals surface area contributed by atoms with Crippen molar-refractivity contribution in [2.45, 2.75) is 0 Å². The van der Waals surface area contributed by atoms with Gasteiger partial charge >= 0.3 is 0 Å². The lowest BCUT2D eigenvalue weighted by Crippen LogP contribution is -2.36. The van der Waals surface area contributed by atoms with Gasteiger partial charge in [-0.25, -0.2) is 4.39 Å². The standard InChI is InChI=1S/C12H14FN3OS/c1-16(8-12(17)15-4-5-18)11-3-2-9(7-14)6-10(11)13/h2-3,6,18H,4-5,8H2,1H3,(H,15,17). The fourth-order valence-electron chi connectivity index (χ4n) is 1.44. The molecule has 0 fully saturated rings. The van der Waals surface area contributed by atoms with E-state index in [-0.39, 0.29) is 23.7 Å². The zero-order chi connectivity index (χ0) is 13.5. The number of benzene rings is 1. The predicted octanol–water partition coefficient (Wildman–Crippen LogP) is 1.18. The van der Waals surface area contributed by atoms with E-state index in [1.807, 2.05) is 6.07 Å². The number of carbonyl (C=O) groups is 1. The minimum absolute atomic E-state index is 0.0522. The number of anilines is 1. The van der Waals surface area contributed by atoms with Crippen molar-refractivity contribution >= 4 is 24.2 Å². The molecule has 0 atom stereocenters. The van der Waals surface area contributed by atoms with Gasteiger partial charge in [-0.15, -0.1) is 0 Å². The van der Waals surface area contributed by atoms with Gasteiger partial charge in [0.15, 0.2) is 0 Å². The molecule has 96 valence electrons. The van der Waals surface area contributed by atoms with Gasteiger partial charge in [0.2, 0.25) is 5.91 Å². The van der Waals surface area contributed by atoms with Crippen LogP contribution in [0.4, 0.5) is 10.1 Å². The van der Waals surface area contributed by atoms with Crippen molar-refractivity contribution in [1.82, 2.24) is 5.32 Å². The van der Waals surface area contributed by atoms with E-state index in [0.29, 0.717) is 12.3 Å². The number of rotatable bonds is 5. The van der Waals surface area contributed by atoms with E-state index in [2.05, 4.69) is 17.9 Å². The van der Waals surface area contributed by atoms with Gasteiger partial charge in [0, 0.05) is 19.3 Å². The van der Waals surface area contributed by atoms with Crippen molar-refractivity contribution in [2.24, 2.45) is 0 Å². The third kappa shape index (κ3) is 3.93. The van der Waals surface area contributed by atoms with E-state index in [4.69, 9.17) is 5.26 Å². The molecule has 1 N–H and O–H groups in total. The molecular formula is C12H14FN3OS. The second-order valence-electron chi connectivity index (χ2n) is 3.71. The molecule has 6 heteroatoms. The number of halogens is 1. The summed E-state index contributed by atoms with van der Waals surface area (Å²) in [5.74, 6) is -0.158. The molecule has 0 saturated heterocycles. The van der Waals surface area contributed by atoms with Gasteiger partial charge in [-0.3, -0.25) is 4.79 Å². The van der Waals surface area contributed by atoms with Crippen LogP contribution in [-0.2, 0) is 4.79 Å². The average Bonchev–Trinajstić information content (AvgIpc) is 2.35.